The van der Waals surface area contributed by atoms with E-state index in [2.05, 4.69) is 22.6 Å². The lowest BCUT2D eigenvalue weighted by atomic mass is 9.80. The van der Waals surface area contributed by atoms with Gasteiger partial charge in [-0.3, -0.25) is 4.79 Å². The number of hydrogen-bond acceptors (Lipinski definition) is 3. The third kappa shape index (κ3) is 2.51. The molecule has 0 radical (unpaired) electrons. The lowest BCUT2D eigenvalue weighted by molar-refractivity contribution is -0.345. The Kier molecular flexibility index (Phi) is 3.80. The number of ether oxygens (including phenoxy) is 2. The van der Waals surface area contributed by atoms with E-state index in [1.165, 1.54) is 0 Å². The van der Waals surface area contributed by atoms with Gasteiger partial charge in [0.15, 0.2) is 5.79 Å². The number of carboxylic acid groups (broad SMARTS) is 1. The topological polar surface area (TPSA) is 55.8 Å². The maximum atomic E-state index is 11.2. The molecule has 0 spiro atoms. The highest BCUT2D eigenvalue weighted by Gasteiger charge is 2.51. The number of hydrogen-bond donors (Lipinski definition) is 1. The van der Waals surface area contributed by atoms with Gasteiger partial charge in [-0.2, -0.15) is 0 Å². The van der Waals surface area contributed by atoms with Crippen LogP contribution in [0.4, 0.5) is 0 Å². The van der Waals surface area contributed by atoms with Gasteiger partial charge in [0.25, 0.3) is 0 Å². The van der Waals surface area contributed by atoms with Gasteiger partial charge in [0.2, 0.25) is 0 Å². The molecule has 2 aliphatic heterocycles. The van der Waals surface area contributed by atoms with Crippen molar-refractivity contribution in [1.29, 1.82) is 0 Å². The molecule has 2 bridgehead atoms. The van der Waals surface area contributed by atoms with E-state index in [1.54, 1.807) is 0 Å². The zero-order valence-corrected chi connectivity index (χ0v) is 12.1. The molecule has 0 aromatic rings. The standard InChI is InChI=1S/C12H17IO4/c1-7-9(4-6-13)16-12(2)5-3-8(11(14)15)10(7)17-12/h4,6-10H,3,5H2,1-2H3,(H,14,15)/b6-4+. The maximum absolute atomic E-state index is 11.2. The molecule has 5 unspecified atom stereocenters. The average molecular weight is 352 g/mol. The van der Waals surface area contributed by atoms with Crippen LogP contribution in [0.25, 0.3) is 0 Å². The van der Waals surface area contributed by atoms with E-state index in [0.717, 1.165) is 0 Å². The number of fused-ring (bicyclic) bond motifs is 2. The zero-order chi connectivity index (χ0) is 12.6. The van der Waals surface area contributed by atoms with Crippen molar-refractivity contribution in [3.63, 3.8) is 0 Å². The van der Waals surface area contributed by atoms with Crippen LogP contribution in [0.1, 0.15) is 26.7 Å². The summed E-state index contributed by atoms with van der Waals surface area (Å²) in [5, 5.41) is 9.23. The molecule has 4 nitrogen and oxygen atoms in total. The Bertz CT molecular complexity index is 343. The highest BCUT2D eigenvalue weighted by atomic mass is 127. The fraction of sp³-hybridized carbons (Fsp3) is 0.750. The first-order chi connectivity index (χ1) is 7.97. The van der Waals surface area contributed by atoms with Crippen molar-refractivity contribution in [1.82, 2.24) is 0 Å². The predicted molar refractivity (Wildman–Crippen MR) is 70.8 cm³/mol. The van der Waals surface area contributed by atoms with Crippen LogP contribution in [0.3, 0.4) is 0 Å². The Balaban J connectivity index is 2.24. The van der Waals surface area contributed by atoms with E-state index >= 15 is 0 Å². The molecular formula is C12H17IO4. The monoisotopic (exact) mass is 352 g/mol. The minimum absolute atomic E-state index is 0.0576. The Morgan fingerprint density at radius 1 is 1.53 bits per heavy atom. The SMILES string of the molecule is CC1C(/C=C/I)OC2(C)CCC(C(=O)O)C1O2. The van der Waals surface area contributed by atoms with Gasteiger partial charge >= 0.3 is 5.97 Å². The first-order valence-electron chi connectivity index (χ1n) is 5.82. The van der Waals surface area contributed by atoms with E-state index in [9.17, 15) is 9.90 Å². The number of carboxylic acids is 1. The molecule has 2 saturated heterocycles. The van der Waals surface area contributed by atoms with E-state index in [-0.39, 0.29) is 18.1 Å². The quantitative estimate of drug-likeness (QED) is 0.777. The van der Waals surface area contributed by atoms with Crippen LogP contribution in [0.5, 0.6) is 0 Å². The van der Waals surface area contributed by atoms with Crippen molar-refractivity contribution >= 4 is 28.6 Å². The molecule has 1 N–H and O–H groups in total. The first-order valence-corrected chi connectivity index (χ1v) is 7.07. The van der Waals surface area contributed by atoms with Crippen molar-refractivity contribution in [2.45, 2.75) is 44.7 Å². The minimum Gasteiger partial charge on any atom is -0.481 e. The van der Waals surface area contributed by atoms with E-state index in [0.29, 0.717) is 12.8 Å². The molecule has 2 fully saturated rings. The van der Waals surface area contributed by atoms with Crippen molar-refractivity contribution in [3.05, 3.63) is 10.2 Å². The van der Waals surface area contributed by atoms with E-state index < -0.39 is 17.7 Å². The lowest BCUT2D eigenvalue weighted by Gasteiger charge is -2.51. The van der Waals surface area contributed by atoms with Crippen molar-refractivity contribution in [2.75, 3.05) is 0 Å². The summed E-state index contributed by atoms with van der Waals surface area (Å²) in [5.74, 6) is -1.73. The molecule has 0 amide bonds. The molecule has 0 aromatic heterocycles. The van der Waals surface area contributed by atoms with Crippen LogP contribution in [0.2, 0.25) is 0 Å². The summed E-state index contributed by atoms with van der Waals surface area (Å²) >= 11 is 2.15. The molecule has 0 aromatic carbocycles. The third-order valence-electron chi connectivity index (χ3n) is 3.69. The second kappa shape index (κ2) is 4.85. The van der Waals surface area contributed by atoms with Crippen LogP contribution in [-0.4, -0.2) is 29.1 Å². The summed E-state index contributed by atoms with van der Waals surface area (Å²) in [6.07, 6.45) is 2.93. The Morgan fingerprint density at radius 2 is 2.24 bits per heavy atom. The normalized spacial score (nSPS) is 46.1. The van der Waals surface area contributed by atoms with Gasteiger partial charge in [0.1, 0.15) is 0 Å². The number of halogens is 1. The summed E-state index contributed by atoms with van der Waals surface area (Å²) in [5.41, 5.74) is 0. The molecular weight excluding hydrogens is 335 g/mol. The molecule has 5 heteroatoms. The van der Waals surface area contributed by atoms with Crippen LogP contribution < -0.4 is 0 Å². The summed E-state index contributed by atoms with van der Waals surface area (Å²) in [7, 11) is 0. The Labute approximate surface area is 114 Å². The molecule has 2 rings (SSSR count). The third-order valence-corrected chi connectivity index (χ3v) is 4.11. The summed E-state index contributed by atoms with van der Waals surface area (Å²) in [6.45, 7) is 3.89. The minimum atomic E-state index is -0.761. The van der Waals surface area contributed by atoms with Gasteiger partial charge in [-0.05, 0) is 23.5 Å². The zero-order valence-electron chi connectivity index (χ0n) is 9.93. The van der Waals surface area contributed by atoms with Crippen molar-refractivity contribution in [3.8, 4) is 0 Å². The highest BCUT2D eigenvalue weighted by molar-refractivity contribution is 14.1. The largest absolute Gasteiger partial charge is 0.481 e. The Hall–Kier alpha value is -0.140. The second-order valence-electron chi connectivity index (χ2n) is 4.96. The summed E-state index contributed by atoms with van der Waals surface area (Å²) in [6, 6.07) is 0. The molecule has 2 heterocycles. The highest BCUT2D eigenvalue weighted by Crippen LogP contribution is 2.43. The average Bonchev–Trinajstić information content (AvgIpc) is 2.25. The number of carbonyl (C=O) groups is 1. The van der Waals surface area contributed by atoms with Gasteiger partial charge in [-0.25, -0.2) is 0 Å². The van der Waals surface area contributed by atoms with Crippen LogP contribution >= 0.6 is 22.6 Å². The Morgan fingerprint density at radius 3 is 2.82 bits per heavy atom. The molecule has 5 atom stereocenters. The number of aliphatic carboxylic acids is 1. The second-order valence-corrected chi connectivity index (χ2v) is 5.68. The molecule has 0 saturated carbocycles. The summed E-state index contributed by atoms with van der Waals surface area (Å²) in [4.78, 5) is 11.2. The fourth-order valence-electron chi connectivity index (χ4n) is 2.70. The van der Waals surface area contributed by atoms with Gasteiger partial charge in [0, 0.05) is 12.3 Å². The first kappa shape index (κ1) is 13.3. The maximum Gasteiger partial charge on any atom is 0.309 e. The van der Waals surface area contributed by atoms with Crippen molar-refractivity contribution < 1.29 is 19.4 Å². The van der Waals surface area contributed by atoms with Gasteiger partial charge in [0.05, 0.1) is 18.1 Å². The van der Waals surface area contributed by atoms with Crippen LogP contribution in [0.15, 0.2) is 10.2 Å². The predicted octanol–water partition coefficient (Wildman–Crippen LogP) is 2.57. The lowest BCUT2D eigenvalue weighted by Crippen LogP contribution is -2.58. The van der Waals surface area contributed by atoms with Gasteiger partial charge in [-0.15, -0.1) is 0 Å². The van der Waals surface area contributed by atoms with E-state index in [4.69, 9.17) is 9.47 Å². The molecule has 0 aliphatic carbocycles. The van der Waals surface area contributed by atoms with Gasteiger partial charge < -0.3 is 14.6 Å². The van der Waals surface area contributed by atoms with Gasteiger partial charge in [-0.1, -0.05) is 29.5 Å². The van der Waals surface area contributed by atoms with Crippen LogP contribution in [-0.2, 0) is 14.3 Å². The molecule has 2 aliphatic rings. The van der Waals surface area contributed by atoms with Crippen molar-refractivity contribution in [2.24, 2.45) is 11.8 Å². The van der Waals surface area contributed by atoms with Crippen LogP contribution in [0, 0.1) is 11.8 Å². The van der Waals surface area contributed by atoms with E-state index in [1.807, 2.05) is 24.0 Å². The smallest absolute Gasteiger partial charge is 0.309 e. The molecule has 17 heavy (non-hydrogen) atoms. The number of rotatable bonds is 2. The molecule has 96 valence electrons. The fourth-order valence-corrected chi connectivity index (χ4v) is 3.11. The summed E-state index contributed by atoms with van der Waals surface area (Å²) < 4.78 is 13.7.